The summed E-state index contributed by atoms with van der Waals surface area (Å²) in [6.07, 6.45) is -3.32. The van der Waals surface area contributed by atoms with Gasteiger partial charge < -0.3 is 4.74 Å². The monoisotopic (exact) mass is 328 g/mol. The van der Waals surface area contributed by atoms with Crippen molar-refractivity contribution in [3.8, 4) is 34.6 Å². The van der Waals surface area contributed by atoms with E-state index in [1.807, 2.05) is 6.07 Å². The van der Waals surface area contributed by atoms with E-state index in [-0.39, 0.29) is 22.8 Å². The maximum Gasteiger partial charge on any atom is 0.435 e. The van der Waals surface area contributed by atoms with Crippen LogP contribution in [-0.2, 0) is 6.18 Å². The number of nitrogens with zero attached hydrogens (tertiary/aromatic N) is 4. The number of para-hydroxylation sites is 1. The minimum absolute atomic E-state index is 0.0932. The molecule has 0 spiro atoms. The van der Waals surface area contributed by atoms with E-state index in [4.69, 9.17) is 10.00 Å². The van der Waals surface area contributed by atoms with Crippen molar-refractivity contribution in [2.75, 3.05) is 0 Å². The highest BCUT2D eigenvalue weighted by Gasteiger charge is 2.36. The van der Waals surface area contributed by atoms with Crippen molar-refractivity contribution in [1.82, 2.24) is 14.8 Å². The van der Waals surface area contributed by atoms with Gasteiger partial charge in [0, 0.05) is 17.8 Å². The molecule has 0 aliphatic carbocycles. The Morgan fingerprint density at radius 3 is 2.67 bits per heavy atom. The van der Waals surface area contributed by atoms with Crippen LogP contribution in [0, 0.1) is 11.3 Å². The largest absolute Gasteiger partial charge is 0.453 e. The van der Waals surface area contributed by atoms with E-state index in [0.29, 0.717) is 11.3 Å². The van der Waals surface area contributed by atoms with Crippen LogP contribution in [0.4, 0.5) is 13.2 Å². The van der Waals surface area contributed by atoms with Gasteiger partial charge in [0.1, 0.15) is 11.8 Å². The average molecular weight is 328 g/mol. The van der Waals surface area contributed by atoms with Gasteiger partial charge in [-0.25, -0.2) is 9.67 Å². The first kappa shape index (κ1) is 14.3. The molecule has 0 N–H and O–H groups in total. The summed E-state index contributed by atoms with van der Waals surface area (Å²) in [5.41, 5.74) is -0.116. The van der Waals surface area contributed by atoms with Crippen LogP contribution in [0.3, 0.4) is 0 Å². The predicted molar refractivity (Wildman–Crippen MR) is 76.6 cm³/mol. The maximum atomic E-state index is 13.1. The topological polar surface area (TPSA) is 63.7 Å². The van der Waals surface area contributed by atoms with Crippen LogP contribution >= 0.6 is 0 Å². The van der Waals surface area contributed by atoms with E-state index in [2.05, 4.69) is 10.1 Å². The smallest absolute Gasteiger partial charge is 0.435 e. The molecule has 0 radical (unpaired) electrons. The summed E-state index contributed by atoms with van der Waals surface area (Å²) in [7, 11) is 0. The SMILES string of the molecule is N#Cc1cnc2c(c1)Oc1ccccc1-c1cc(C(F)(F)F)nn1-2. The summed E-state index contributed by atoms with van der Waals surface area (Å²) in [5.74, 6) is 0.621. The molecule has 3 aromatic rings. The lowest BCUT2D eigenvalue weighted by Gasteiger charge is -2.08. The number of benzene rings is 1. The van der Waals surface area contributed by atoms with Crippen LogP contribution in [0.5, 0.6) is 11.5 Å². The van der Waals surface area contributed by atoms with E-state index >= 15 is 0 Å². The van der Waals surface area contributed by atoms with Crippen molar-refractivity contribution < 1.29 is 17.9 Å². The number of fused-ring (bicyclic) bond motifs is 5. The average Bonchev–Trinajstić information content (AvgIpc) is 2.95. The van der Waals surface area contributed by atoms with E-state index in [1.165, 1.54) is 12.3 Å². The summed E-state index contributed by atoms with van der Waals surface area (Å²) in [5, 5.41) is 12.6. The van der Waals surface area contributed by atoms with Crippen LogP contribution in [0.25, 0.3) is 17.1 Å². The highest BCUT2D eigenvalue weighted by molar-refractivity contribution is 5.72. The number of halogens is 3. The van der Waals surface area contributed by atoms with Crippen LogP contribution in [-0.4, -0.2) is 14.8 Å². The molecule has 1 aliphatic heterocycles. The van der Waals surface area contributed by atoms with Crippen LogP contribution in [0.1, 0.15) is 11.3 Å². The quantitative estimate of drug-likeness (QED) is 0.490. The first-order valence-electron chi connectivity index (χ1n) is 6.82. The van der Waals surface area contributed by atoms with Crippen LogP contribution in [0.15, 0.2) is 42.6 Å². The summed E-state index contributed by atoms with van der Waals surface area (Å²) in [6, 6.07) is 11.0. The second kappa shape index (κ2) is 4.83. The number of pyridine rings is 1. The van der Waals surface area contributed by atoms with Gasteiger partial charge in [-0.05, 0) is 18.2 Å². The van der Waals surface area contributed by atoms with Crippen molar-refractivity contribution in [1.29, 1.82) is 5.26 Å². The van der Waals surface area contributed by atoms with Crippen LogP contribution < -0.4 is 4.74 Å². The molecular formula is C16H7F3N4O. The molecule has 3 heterocycles. The molecule has 5 nitrogen and oxygen atoms in total. The molecular weight excluding hydrogens is 321 g/mol. The Labute approximate surface area is 133 Å². The number of rotatable bonds is 0. The lowest BCUT2D eigenvalue weighted by molar-refractivity contribution is -0.141. The predicted octanol–water partition coefficient (Wildman–Crippen LogP) is 3.93. The summed E-state index contributed by atoms with van der Waals surface area (Å²) < 4.78 is 46.1. The zero-order valence-corrected chi connectivity index (χ0v) is 11.9. The first-order chi connectivity index (χ1) is 11.5. The highest BCUT2D eigenvalue weighted by Crippen LogP contribution is 2.42. The molecule has 8 heteroatoms. The van der Waals surface area contributed by atoms with Gasteiger partial charge in [0.2, 0.25) is 0 Å². The molecule has 1 aliphatic rings. The van der Waals surface area contributed by atoms with E-state index in [0.717, 1.165) is 10.7 Å². The van der Waals surface area contributed by atoms with Crippen molar-refractivity contribution in [3.05, 3.63) is 53.9 Å². The van der Waals surface area contributed by atoms with Gasteiger partial charge in [-0.2, -0.15) is 23.5 Å². The minimum Gasteiger partial charge on any atom is -0.453 e. The highest BCUT2D eigenvalue weighted by atomic mass is 19.4. The van der Waals surface area contributed by atoms with E-state index in [1.54, 1.807) is 24.3 Å². The van der Waals surface area contributed by atoms with Crippen molar-refractivity contribution >= 4 is 0 Å². The third kappa shape index (κ3) is 2.10. The molecule has 1 aromatic carbocycles. The van der Waals surface area contributed by atoms with Crippen LogP contribution in [0.2, 0.25) is 0 Å². The Bertz CT molecular complexity index is 1000. The number of hydrogen-bond donors (Lipinski definition) is 0. The lowest BCUT2D eigenvalue weighted by Crippen LogP contribution is -2.08. The number of hydrogen-bond acceptors (Lipinski definition) is 4. The van der Waals surface area contributed by atoms with Crippen molar-refractivity contribution in [2.24, 2.45) is 0 Å². The second-order valence-corrected chi connectivity index (χ2v) is 5.08. The van der Waals surface area contributed by atoms with Crippen molar-refractivity contribution in [3.63, 3.8) is 0 Å². The zero-order valence-electron chi connectivity index (χ0n) is 11.9. The number of nitriles is 1. The number of alkyl halides is 3. The molecule has 4 rings (SSSR count). The maximum absolute atomic E-state index is 13.1. The Morgan fingerprint density at radius 2 is 1.92 bits per heavy atom. The number of ether oxygens (including phenoxy) is 1. The van der Waals surface area contributed by atoms with Gasteiger partial charge in [-0.3, -0.25) is 0 Å². The zero-order chi connectivity index (χ0) is 16.9. The Balaban J connectivity index is 2.05. The standard InChI is InChI=1S/C16H7F3N4O/c17-16(18,19)14-6-11-10-3-1-2-4-12(10)24-13-5-9(7-20)8-21-15(13)23(11)22-14/h1-6,8H. The fourth-order valence-electron chi connectivity index (χ4n) is 2.49. The van der Waals surface area contributed by atoms with Gasteiger partial charge in [0.25, 0.3) is 0 Å². The second-order valence-electron chi connectivity index (χ2n) is 5.08. The summed E-state index contributed by atoms with van der Waals surface area (Å²) in [6.45, 7) is 0. The Kier molecular flexibility index (Phi) is 2.87. The summed E-state index contributed by atoms with van der Waals surface area (Å²) >= 11 is 0. The number of aromatic nitrogens is 3. The Morgan fingerprint density at radius 1 is 1.12 bits per heavy atom. The lowest BCUT2D eigenvalue weighted by atomic mass is 10.1. The molecule has 0 amide bonds. The fourth-order valence-corrected chi connectivity index (χ4v) is 2.49. The molecule has 0 saturated heterocycles. The molecule has 118 valence electrons. The van der Waals surface area contributed by atoms with E-state index in [9.17, 15) is 13.2 Å². The van der Waals surface area contributed by atoms with E-state index < -0.39 is 11.9 Å². The fraction of sp³-hybridized carbons (Fsp3) is 0.0625. The molecule has 0 bridgehead atoms. The third-order valence-corrected chi connectivity index (χ3v) is 3.55. The molecule has 0 fully saturated rings. The normalized spacial score (nSPS) is 12.2. The molecule has 2 aromatic heterocycles. The molecule has 0 unspecified atom stereocenters. The van der Waals surface area contributed by atoms with Crippen molar-refractivity contribution in [2.45, 2.75) is 6.18 Å². The van der Waals surface area contributed by atoms with Gasteiger partial charge in [0.15, 0.2) is 17.3 Å². The molecule has 0 atom stereocenters. The third-order valence-electron chi connectivity index (χ3n) is 3.55. The van der Waals surface area contributed by atoms with Gasteiger partial charge in [-0.1, -0.05) is 12.1 Å². The molecule has 24 heavy (non-hydrogen) atoms. The minimum atomic E-state index is -4.58. The summed E-state index contributed by atoms with van der Waals surface area (Å²) in [4.78, 5) is 4.06. The van der Waals surface area contributed by atoms with Gasteiger partial charge >= 0.3 is 6.18 Å². The van der Waals surface area contributed by atoms with Gasteiger partial charge in [0.05, 0.1) is 11.3 Å². The molecule has 0 saturated carbocycles. The van der Waals surface area contributed by atoms with Gasteiger partial charge in [-0.15, -0.1) is 0 Å². The Hall–Kier alpha value is -3.34. The first-order valence-corrected chi connectivity index (χ1v) is 6.82.